The summed E-state index contributed by atoms with van der Waals surface area (Å²) in [7, 11) is 1.22. The van der Waals surface area contributed by atoms with Gasteiger partial charge in [-0.25, -0.2) is 0 Å². The van der Waals surface area contributed by atoms with Crippen LogP contribution in [0.15, 0.2) is 18.2 Å². The number of aliphatic hydroxyl groups excluding tert-OH is 4. The van der Waals surface area contributed by atoms with Gasteiger partial charge in [-0.05, 0) is 62.9 Å². The Labute approximate surface area is 322 Å². The monoisotopic (exact) mass is 771 g/mol. The Bertz CT molecular complexity index is 2300. The fourth-order valence-corrected chi connectivity index (χ4v) is 9.13. The molecule has 56 heavy (non-hydrogen) atoms. The van der Waals surface area contributed by atoms with E-state index >= 15 is 0 Å². The highest BCUT2D eigenvalue weighted by molar-refractivity contribution is 6.23. The first-order valence-corrected chi connectivity index (χ1v) is 19.1. The van der Waals surface area contributed by atoms with E-state index in [1.54, 1.807) is 0 Å². The van der Waals surface area contributed by atoms with Gasteiger partial charge in [0.05, 0.1) is 30.4 Å². The van der Waals surface area contributed by atoms with E-state index in [9.17, 15) is 39.6 Å². The van der Waals surface area contributed by atoms with E-state index in [1.165, 1.54) is 14.0 Å². The van der Waals surface area contributed by atoms with Gasteiger partial charge >= 0.3 is 5.97 Å². The van der Waals surface area contributed by atoms with Crippen LogP contribution in [0.4, 0.5) is 0 Å². The molecule has 1 amide bonds. The first kappa shape index (κ1) is 39.4. The summed E-state index contributed by atoms with van der Waals surface area (Å²) in [5, 5.41) is 43.5. The molecule has 0 spiro atoms. The zero-order valence-corrected chi connectivity index (χ0v) is 32.5. The number of carbonyl (C=O) groups is 4. The molecule has 6 heterocycles. The maximum Gasteiger partial charge on any atom is 0.321 e. The van der Waals surface area contributed by atoms with Crippen molar-refractivity contribution in [3.8, 4) is 0 Å². The number of ketones is 2. The van der Waals surface area contributed by atoms with Gasteiger partial charge in [-0.15, -0.1) is 0 Å². The van der Waals surface area contributed by atoms with E-state index in [2.05, 4.69) is 29.1 Å². The summed E-state index contributed by atoms with van der Waals surface area (Å²) < 4.78 is 10.4. The summed E-state index contributed by atoms with van der Waals surface area (Å²) in [6.45, 7) is 10.7. The molecule has 7 N–H and O–H groups in total. The average Bonchev–Trinajstić information content (AvgIpc) is 3.91. The number of aliphatic hydroxyl groups is 4. The Kier molecular flexibility index (Phi) is 10.5. The summed E-state index contributed by atoms with van der Waals surface area (Å²) in [6.07, 6.45) is -5.26. The van der Waals surface area contributed by atoms with Gasteiger partial charge in [0.2, 0.25) is 5.91 Å². The van der Waals surface area contributed by atoms with Gasteiger partial charge in [0.15, 0.2) is 17.9 Å². The number of hydrogen-bond acceptors (Lipinski definition) is 12. The maximum atomic E-state index is 14.3. The minimum Gasteiger partial charge on any atom is -0.468 e. The summed E-state index contributed by atoms with van der Waals surface area (Å²) in [6, 6.07) is 4.37. The normalized spacial score (nSPS) is 28.4. The number of methoxy groups -OCH3 is 1. The van der Waals surface area contributed by atoms with Crippen molar-refractivity contribution < 1.29 is 49.1 Å². The highest BCUT2D eigenvalue weighted by atomic mass is 16.6. The van der Waals surface area contributed by atoms with Crippen LogP contribution >= 0.6 is 0 Å². The van der Waals surface area contributed by atoms with Crippen molar-refractivity contribution >= 4 is 45.5 Å². The van der Waals surface area contributed by atoms with E-state index in [4.69, 9.17) is 19.4 Å². The van der Waals surface area contributed by atoms with Crippen molar-refractivity contribution in [2.75, 3.05) is 13.7 Å². The lowest BCUT2D eigenvalue weighted by atomic mass is 9.83. The number of fused-ring (bicyclic) bond motifs is 8. The number of rotatable bonds is 8. The second-order valence-electron chi connectivity index (χ2n) is 15.5. The van der Waals surface area contributed by atoms with Crippen molar-refractivity contribution in [2.45, 2.75) is 121 Å². The van der Waals surface area contributed by atoms with Crippen LogP contribution in [0.25, 0.3) is 22.1 Å². The number of aryl methyl sites for hydroxylation is 2. The Morgan fingerprint density at radius 3 is 2.21 bits per heavy atom. The van der Waals surface area contributed by atoms with Crippen LogP contribution in [-0.2, 0) is 19.1 Å². The molecule has 1 saturated heterocycles. The highest BCUT2D eigenvalue weighted by Gasteiger charge is 2.47. The first-order valence-electron chi connectivity index (χ1n) is 19.1. The quantitative estimate of drug-likeness (QED) is 0.0991. The van der Waals surface area contributed by atoms with Crippen molar-refractivity contribution in [3.63, 3.8) is 0 Å². The Balaban J connectivity index is 1.43. The lowest BCUT2D eigenvalue weighted by Gasteiger charge is -2.40. The van der Waals surface area contributed by atoms with Crippen molar-refractivity contribution in [1.29, 1.82) is 0 Å². The summed E-state index contributed by atoms with van der Waals surface area (Å²) >= 11 is 0. The van der Waals surface area contributed by atoms with Gasteiger partial charge in [-0.1, -0.05) is 20.8 Å². The minimum atomic E-state index is -1.69. The molecule has 3 aromatic rings. The van der Waals surface area contributed by atoms with Crippen molar-refractivity contribution in [1.82, 2.24) is 25.3 Å². The standard InChI is InChI=1S/C41H49N5O10/c1-8-20-15(2)22-13-27-30(19(6)48)17(4)24(43-27)11-23-16(3)21(9-10-29(49)46-36-39(52)37(50)28(14-47)56-41(36)54)34(44-23)32-33(40(53)55-7)38(51)31-18(5)25(45-35(31)32)12-26(20)42-22/h11-13,15-16,20-21,28,33,36-37,39,41,43,45,47,50,52,54H,8-10,14H2,1-7H3,(H,46,49)/t15-,16+,20?,21+,28-,33-,36-,37-,39-,41-/m1/s1. The van der Waals surface area contributed by atoms with Gasteiger partial charge in [-0.3, -0.25) is 29.1 Å². The molecule has 3 aromatic heterocycles. The van der Waals surface area contributed by atoms with E-state index in [-0.39, 0.29) is 36.4 Å². The number of esters is 1. The van der Waals surface area contributed by atoms with Crippen molar-refractivity contribution in [3.05, 3.63) is 68.8 Å². The molecule has 15 nitrogen and oxygen atoms in total. The molecule has 1 fully saturated rings. The van der Waals surface area contributed by atoms with Gasteiger partial charge in [0, 0.05) is 74.9 Å². The minimum absolute atomic E-state index is 0.0426. The number of aromatic nitrogens is 4. The number of H-pyrrole nitrogens is 2. The van der Waals surface area contributed by atoms with E-state index in [1.807, 2.05) is 39.0 Å². The van der Waals surface area contributed by atoms with Crippen LogP contribution in [0.5, 0.6) is 0 Å². The van der Waals surface area contributed by atoms with E-state index in [0.717, 1.165) is 23.4 Å². The van der Waals surface area contributed by atoms with Gasteiger partial charge in [0.1, 0.15) is 30.3 Å². The molecule has 0 aromatic carbocycles. The predicted octanol–water partition coefficient (Wildman–Crippen LogP) is 3.47. The topological polar surface area (TPSA) is 237 Å². The predicted molar refractivity (Wildman–Crippen MR) is 203 cm³/mol. The number of Topliss-reactive ketones (excluding diaryl/α,β-unsaturated/α-hetero) is 2. The smallest absolute Gasteiger partial charge is 0.321 e. The summed E-state index contributed by atoms with van der Waals surface area (Å²) in [5.74, 6) is -3.95. The lowest BCUT2D eigenvalue weighted by molar-refractivity contribution is -0.253. The molecule has 1 aliphatic carbocycles. The van der Waals surface area contributed by atoms with E-state index < -0.39 is 66.7 Å². The van der Waals surface area contributed by atoms with Crippen LogP contribution in [0.3, 0.4) is 0 Å². The van der Waals surface area contributed by atoms with Crippen LogP contribution in [0, 0.1) is 13.8 Å². The third-order valence-corrected chi connectivity index (χ3v) is 12.3. The molecule has 8 bridgehead atoms. The fourth-order valence-electron chi connectivity index (χ4n) is 9.13. The average molecular weight is 772 g/mol. The first-order chi connectivity index (χ1) is 26.6. The summed E-state index contributed by atoms with van der Waals surface area (Å²) in [4.78, 5) is 71.5. The Hall–Kier alpha value is -4.80. The Morgan fingerprint density at radius 1 is 0.911 bits per heavy atom. The van der Waals surface area contributed by atoms with Gasteiger partial charge in [-0.2, -0.15) is 0 Å². The number of hydrogen-bond donors (Lipinski definition) is 7. The molecule has 1 unspecified atom stereocenters. The van der Waals surface area contributed by atoms with E-state index in [0.29, 0.717) is 55.7 Å². The zero-order valence-electron chi connectivity index (χ0n) is 32.5. The number of ether oxygens (including phenoxy) is 2. The molecule has 0 radical (unpaired) electrons. The number of nitrogens with zero attached hydrogens (tertiary/aromatic N) is 2. The van der Waals surface area contributed by atoms with Crippen molar-refractivity contribution in [2.24, 2.45) is 0 Å². The van der Waals surface area contributed by atoms with Crippen LogP contribution in [0.2, 0.25) is 0 Å². The number of carbonyl (C=O) groups excluding carboxylic acids is 4. The fraction of sp³-hybridized carbons (Fsp3) is 0.512. The zero-order chi connectivity index (χ0) is 40.5. The second-order valence-corrected chi connectivity index (χ2v) is 15.5. The molecular formula is C41H49N5O10. The SMILES string of the molecule is CCC1c2cc3[nH]c4c(c3C)C(=O)[C@H](C(=O)OC)c4c3nc(cc4[nH]c(cc(n2)[C@@H]1C)c(C(C)=O)c4C)[C@@H](C)[C@@H]3CCC(=O)N[C@@H]1[C@@H](O)[C@H](O)[C@@H](CO)O[C@H]1O. The number of aromatic amines is 2. The third kappa shape index (κ3) is 6.35. The highest BCUT2D eigenvalue weighted by Crippen LogP contribution is 2.48. The van der Waals surface area contributed by atoms with Crippen LogP contribution in [0.1, 0.15) is 137 Å². The largest absolute Gasteiger partial charge is 0.468 e. The Morgan fingerprint density at radius 2 is 1.55 bits per heavy atom. The number of amides is 1. The lowest BCUT2D eigenvalue weighted by Crippen LogP contribution is -2.64. The molecule has 3 aliphatic heterocycles. The van der Waals surface area contributed by atoms with Crippen LogP contribution in [-0.4, -0.2) is 108 Å². The van der Waals surface area contributed by atoms with Crippen LogP contribution < -0.4 is 5.32 Å². The van der Waals surface area contributed by atoms with Gasteiger partial charge in [0.25, 0.3) is 0 Å². The molecule has 15 heteroatoms. The molecule has 4 aliphatic rings. The molecule has 298 valence electrons. The molecular weight excluding hydrogens is 722 g/mol. The van der Waals surface area contributed by atoms with Gasteiger partial charge < -0.3 is 45.2 Å². The molecule has 10 atom stereocenters. The molecule has 0 saturated carbocycles. The molecule has 7 rings (SSSR count). The second kappa shape index (κ2) is 14.9. The third-order valence-electron chi connectivity index (χ3n) is 12.3. The summed E-state index contributed by atoms with van der Waals surface area (Å²) in [5.41, 5.74) is 7.70. The number of nitrogens with one attached hydrogen (secondary N) is 3. The maximum absolute atomic E-state index is 14.3.